The average molecular weight is 210 g/mol. The van der Waals surface area contributed by atoms with Crippen LogP contribution in [-0.2, 0) is 14.2 Å². The first-order valence-corrected chi connectivity index (χ1v) is 4.37. The van der Waals surface area contributed by atoms with Crippen LogP contribution in [0.1, 0.15) is 0 Å². The zero-order chi connectivity index (χ0) is 8.39. The number of halogens is 1. The lowest BCUT2D eigenvalue weighted by atomic mass is 10.3. The van der Waals surface area contributed by atoms with Crippen LogP contribution in [0.4, 0.5) is 0 Å². The molecule has 2 fully saturated rings. The molecule has 0 radical (unpaired) electrons. The third kappa shape index (κ3) is 2.54. The highest BCUT2D eigenvalue weighted by molar-refractivity contribution is 5.85. The first-order chi connectivity index (χ1) is 5.90. The Kier molecular flexibility index (Phi) is 4.41. The molecule has 0 aromatic carbocycles. The summed E-state index contributed by atoms with van der Waals surface area (Å²) in [5.41, 5.74) is 0. The third-order valence-electron chi connectivity index (χ3n) is 2.43. The summed E-state index contributed by atoms with van der Waals surface area (Å²) in [6, 6.07) is 0. The maximum Gasteiger partial charge on any atom is 0.104 e. The molecule has 4 nitrogen and oxygen atoms in total. The summed E-state index contributed by atoms with van der Waals surface area (Å²) in [6.45, 7) is 3.11. The van der Waals surface area contributed by atoms with Crippen molar-refractivity contribution >= 4 is 12.4 Å². The molecular formula is C8H16ClNO3. The van der Waals surface area contributed by atoms with Gasteiger partial charge in [-0.05, 0) is 0 Å². The van der Waals surface area contributed by atoms with E-state index < -0.39 is 0 Å². The lowest BCUT2D eigenvalue weighted by Crippen LogP contribution is -2.27. The Morgan fingerprint density at radius 2 is 1.69 bits per heavy atom. The van der Waals surface area contributed by atoms with Crippen molar-refractivity contribution in [3.63, 3.8) is 0 Å². The van der Waals surface area contributed by atoms with E-state index in [0.29, 0.717) is 13.2 Å². The molecule has 0 bridgehead atoms. The minimum atomic E-state index is 0. The van der Waals surface area contributed by atoms with Gasteiger partial charge in [0.2, 0.25) is 0 Å². The molecule has 0 spiro atoms. The van der Waals surface area contributed by atoms with Gasteiger partial charge in [0.05, 0.1) is 25.4 Å². The van der Waals surface area contributed by atoms with E-state index in [4.69, 9.17) is 14.2 Å². The van der Waals surface area contributed by atoms with Crippen LogP contribution in [-0.4, -0.2) is 51.7 Å². The topological polar surface area (TPSA) is 39.7 Å². The van der Waals surface area contributed by atoms with Crippen molar-refractivity contribution in [2.24, 2.45) is 0 Å². The van der Waals surface area contributed by atoms with Crippen LogP contribution in [0, 0.1) is 0 Å². The number of rotatable bonds is 1. The Bertz CT molecular complexity index is 144. The molecule has 2 rings (SSSR count). The number of fused-ring (bicyclic) bond motifs is 1. The Balaban J connectivity index is 0.000000845. The molecule has 0 saturated carbocycles. The number of hydrogen-bond donors (Lipinski definition) is 1. The molecule has 1 N–H and O–H groups in total. The molecule has 0 unspecified atom stereocenters. The normalized spacial score (nSPS) is 34.8. The fourth-order valence-corrected chi connectivity index (χ4v) is 1.61. The summed E-state index contributed by atoms with van der Waals surface area (Å²) in [5.74, 6) is 0. The van der Waals surface area contributed by atoms with E-state index in [0.717, 1.165) is 13.1 Å². The molecule has 2 saturated heterocycles. The minimum Gasteiger partial charge on any atom is -0.377 e. The number of ether oxygens (including phenoxy) is 3. The average Bonchev–Trinajstić information content (AvgIpc) is 2.46. The molecule has 78 valence electrons. The van der Waals surface area contributed by atoms with Gasteiger partial charge in [0.15, 0.2) is 0 Å². The molecule has 0 amide bonds. The van der Waals surface area contributed by atoms with Crippen LogP contribution in [0.2, 0.25) is 0 Å². The maximum absolute atomic E-state index is 5.62. The Morgan fingerprint density at radius 3 is 2.15 bits per heavy atom. The summed E-state index contributed by atoms with van der Waals surface area (Å²) < 4.78 is 16.4. The van der Waals surface area contributed by atoms with Crippen molar-refractivity contribution < 1.29 is 14.2 Å². The van der Waals surface area contributed by atoms with E-state index in [-0.39, 0.29) is 30.7 Å². The highest BCUT2D eigenvalue weighted by Crippen LogP contribution is 2.14. The van der Waals surface area contributed by atoms with Gasteiger partial charge in [0, 0.05) is 20.2 Å². The lowest BCUT2D eigenvalue weighted by molar-refractivity contribution is -0.00461. The van der Waals surface area contributed by atoms with Crippen molar-refractivity contribution in [1.29, 1.82) is 0 Å². The van der Waals surface area contributed by atoms with Gasteiger partial charge in [-0.2, -0.15) is 0 Å². The monoisotopic (exact) mass is 209 g/mol. The van der Waals surface area contributed by atoms with E-state index in [9.17, 15) is 0 Å². The Morgan fingerprint density at radius 1 is 1.15 bits per heavy atom. The quantitative estimate of drug-likeness (QED) is 0.650. The fraction of sp³-hybridized carbons (Fsp3) is 1.00. The van der Waals surface area contributed by atoms with Gasteiger partial charge in [0.25, 0.3) is 0 Å². The van der Waals surface area contributed by atoms with E-state index >= 15 is 0 Å². The van der Waals surface area contributed by atoms with Crippen molar-refractivity contribution in [2.75, 3.05) is 33.4 Å². The van der Waals surface area contributed by atoms with Gasteiger partial charge < -0.3 is 19.5 Å². The van der Waals surface area contributed by atoms with Gasteiger partial charge in [0.1, 0.15) is 6.10 Å². The number of hydrogen-bond acceptors (Lipinski definition) is 4. The predicted octanol–water partition coefficient (Wildman–Crippen LogP) is -0.190. The van der Waals surface area contributed by atoms with E-state index in [1.54, 1.807) is 7.11 Å². The highest BCUT2D eigenvalue weighted by Gasteiger charge is 2.32. The maximum atomic E-state index is 5.62. The first kappa shape index (κ1) is 11.2. The number of methoxy groups -OCH3 is 1. The molecule has 2 aliphatic heterocycles. The van der Waals surface area contributed by atoms with Crippen molar-refractivity contribution in [3.05, 3.63) is 0 Å². The summed E-state index contributed by atoms with van der Waals surface area (Å²) in [5, 5.41) is 3.23. The zero-order valence-electron chi connectivity index (χ0n) is 7.69. The SMILES string of the molecule is COC1CO[C@H]2CNC[C@@H]2OC1.Cl. The van der Waals surface area contributed by atoms with Crippen LogP contribution in [0.5, 0.6) is 0 Å². The molecule has 2 aliphatic rings. The van der Waals surface area contributed by atoms with Gasteiger partial charge in [-0.15, -0.1) is 12.4 Å². The van der Waals surface area contributed by atoms with Crippen LogP contribution < -0.4 is 5.32 Å². The molecular weight excluding hydrogens is 194 g/mol. The van der Waals surface area contributed by atoms with Crippen LogP contribution in [0.25, 0.3) is 0 Å². The molecule has 0 aliphatic carbocycles. The van der Waals surface area contributed by atoms with Gasteiger partial charge in [-0.3, -0.25) is 0 Å². The van der Waals surface area contributed by atoms with Crippen LogP contribution >= 0.6 is 12.4 Å². The molecule has 2 heterocycles. The standard InChI is InChI=1S/C8H15NO3.ClH/c1-10-6-4-11-7-2-9-3-8(7)12-5-6;/h6-9H,2-5H2,1H3;1H/t7-,8-;/m0./s1. The van der Waals surface area contributed by atoms with E-state index in [1.165, 1.54) is 0 Å². The first-order valence-electron chi connectivity index (χ1n) is 4.37. The van der Waals surface area contributed by atoms with Gasteiger partial charge >= 0.3 is 0 Å². The van der Waals surface area contributed by atoms with Crippen LogP contribution in [0.3, 0.4) is 0 Å². The summed E-state index contributed by atoms with van der Waals surface area (Å²) in [4.78, 5) is 0. The zero-order valence-corrected chi connectivity index (χ0v) is 8.51. The third-order valence-corrected chi connectivity index (χ3v) is 2.43. The smallest absolute Gasteiger partial charge is 0.104 e. The predicted molar refractivity (Wildman–Crippen MR) is 50.4 cm³/mol. The van der Waals surface area contributed by atoms with E-state index in [2.05, 4.69) is 5.32 Å². The second-order valence-corrected chi connectivity index (χ2v) is 3.26. The van der Waals surface area contributed by atoms with Gasteiger partial charge in [-0.1, -0.05) is 0 Å². The molecule has 2 atom stereocenters. The Hall–Kier alpha value is 0.130. The van der Waals surface area contributed by atoms with E-state index in [1.807, 2.05) is 0 Å². The summed E-state index contributed by atoms with van der Waals surface area (Å²) in [7, 11) is 1.69. The lowest BCUT2D eigenvalue weighted by Gasteiger charge is -2.13. The van der Waals surface area contributed by atoms with Crippen molar-refractivity contribution in [2.45, 2.75) is 18.3 Å². The Labute approximate surface area is 84.3 Å². The number of nitrogens with one attached hydrogen (secondary N) is 1. The molecule has 0 aromatic rings. The fourth-order valence-electron chi connectivity index (χ4n) is 1.61. The summed E-state index contributed by atoms with van der Waals surface area (Å²) in [6.07, 6.45) is 0.561. The highest BCUT2D eigenvalue weighted by atomic mass is 35.5. The van der Waals surface area contributed by atoms with Crippen molar-refractivity contribution in [1.82, 2.24) is 5.32 Å². The minimum absolute atomic E-state index is 0. The van der Waals surface area contributed by atoms with Crippen LogP contribution in [0.15, 0.2) is 0 Å². The van der Waals surface area contributed by atoms with Crippen molar-refractivity contribution in [3.8, 4) is 0 Å². The van der Waals surface area contributed by atoms with Gasteiger partial charge in [-0.25, -0.2) is 0 Å². The molecule has 13 heavy (non-hydrogen) atoms. The molecule has 5 heteroatoms. The largest absolute Gasteiger partial charge is 0.377 e. The second kappa shape index (κ2) is 5.12. The summed E-state index contributed by atoms with van der Waals surface area (Å²) >= 11 is 0. The second-order valence-electron chi connectivity index (χ2n) is 3.26. The molecule has 0 aromatic heterocycles.